The van der Waals surface area contributed by atoms with Gasteiger partial charge in [-0.1, -0.05) is 12.1 Å². The molecule has 4 nitrogen and oxygen atoms in total. The molecule has 1 aromatic carbocycles. The SMILES string of the molecule is COCCN(C(=O)Cc1cccc(O)c1)C(C)C. The fourth-order valence-corrected chi connectivity index (χ4v) is 1.80. The van der Waals surface area contributed by atoms with Crippen molar-refractivity contribution in [2.45, 2.75) is 26.3 Å². The molecule has 0 spiro atoms. The van der Waals surface area contributed by atoms with Gasteiger partial charge in [-0.05, 0) is 31.5 Å². The van der Waals surface area contributed by atoms with Gasteiger partial charge in [-0.2, -0.15) is 0 Å². The van der Waals surface area contributed by atoms with Crippen LogP contribution in [0.5, 0.6) is 5.75 Å². The van der Waals surface area contributed by atoms with Crippen molar-refractivity contribution in [1.82, 2.24) is 4.90 Å². The van der Waals surface area contributed by atoms with Gasteiger partial charge in [0.1, 0.15) is 5.75 Å². The van der Waals surface area contributed by atoms with Gasteiger partial charge in [0, 0.05) is 19.7 Å². The number of methoxy groups -OCH3 is 1. The third-order valence-corrected chi connectivity index (χ3v) is 2.75. The zero-order valence-electron chi connectivity index (χ0n) is 11.2. The Labute approximate surface area is 108 Å². The van der Waals surface area contributed by atoms with Crippen LogP contribution in [0.1, 0.15) is 19.4 Å². The van der Waals surface area contributed by atoms with Crippen molar-refractivity contribution < 1.29 is 14.6 Å². The fourth-order valence-electron chi connectivity index (χ4n) is 1.80. The average molecular weight is 251 g/mol. The highest BCUT2D eigenvalue weighted by molar-refractivity contribution is 5.79. The molecule has 0 aliphatic rings. The summed E-state index contributed by atoms with van der Waals surface area (Å²) in [6.45, 7) is 5.09. The van der Waals surface area contributed by atoms with Crippen LogP contribution in [-0.2, 0) is 16.0 Å². The van der Waals surface area contributed by atoms with Crippen LogP contribution in [0.3, 0.4) is 0 Å². The number of hydrogen-bond acceptors (Lipinski definition) is 3. The Hall–Kier alpha value is -1.55. The molecule has 0 atom stereocenters. The second kappa shape index (κ2) is 7.01. The van der Waals surface area contributed by atoms with Gasteiger partial charge in [-0.3, -0.25) is 4.79 Å². The number of rotatable bonds is 6. The van der Waals surface area contributed by atoms with E-state index in [0.29, 0.717) is 19.6 Å². The van der Waals surface area contributed by atoms with E-state index in [-0.39, 0.29) is 17.7 Å². The van der Waals surface area contributed by atoms with Crippen molar-refractivity contribution in [3.63, 3.8) is 0 Å². The normalized spacial score (nSPS) is 10.7. The molecule has 100 valence electrons. The number of carbonyl (C=O) groups is 1. The van der Waals surface area contributed by atoms with Crippen LogP contribution in [0, 0.1) is 0 Å². The van der Waals surface area contributed by atoms with Crippen LogP contribution in [0.2, 0.25) is 0 Å². The molecule has 18 heavy (non-hydrogen) atoms. The molecule has 1 N–H and O–H groups in total. The van der Waals surface area contributed by atoms with Crippen molar-refractivity contribution >= 4 is 5.91 Å². The van der Waals surface area contributed by atoms with Crippen molar-refractivity contribution in [2.75, 3.05) is 20.3 Å². The van der Waals surface area contributed by atoms with E-state index < -0.39 is 0 Å². The molecule has 0 bridgehead atoms. The molecule has 0 aliphatic carbocycles. The number of ether oxygens (including phenoxy) is 1. The Bertz CT molecular complexity index is 390. The first-order valence-electron chi connectivity index (χ1n) is 6.11. The minimum atomic E-state index is 0.0488. The predicted octanol–water partition coefficient (Wildman–Crippen LogP) is 1.82. The summed E-state index contributed by atoms with van der Waals surface area (Å²) >= 11 is 0. The van der Waals surface area contributed by atoms with Crippen LogP contribution in [-0.4, -0.2) is 42.2 Å². The highest BCUT2D eigenvalue weighted by Gasteiger charge is 2.16. The molecule has 0 aliphatic heterocycles. The summed E-state index contributed by atoms with van der Waals surface area (Å²) in [7, 11) is 1.62. The Balaban J connectivity index is 2.66. The lowest BCUT2D eigenvalue weighted by Crippen LogP contribution is -2.40. The summed E-state index contributed by atoms with van der Waals surface area (Å²) in [5.74, 6) is 0.237. The van der Waals surface area contributed by atoms with Crippen molar-refractivity contribution in [3.8, 4) is 5.75 Å². The summed E-state index contributed by atoms with van der Waals surface area (Å²) in [6, 6.07) is 6.94. The number of carbonyl (C=O) groups excluding carboxylic acids is 1. The van der Waals surface area contributed by atoms with Gasteiger partial charge >= 0.3 is 0 Å². The maximum atomic E-state index is 12.2. The smallest absolute Gasteiger partial charge is 0.227 e. The molecule has 1 rings (SSSR count). The molecule has 0 unspecified atom stereocenters. The van der Waals surface area contributed by atoms with Gasteiger partial charge in [0.05, 0.1) is 13.0 Å². The average Bonchev–Trinajstić information content (AvgIpc) is 2.29. The Morgan fingerprint density at radius 3 is 2.72 bits per heavy atom. The second-order valence-corrected chi connectivity index (χ2v) is 4.52. The van der Waals surface area contributed by atoms with Gasteiger partial charge in [0.25, 0.3) is 0 Å². The number of phenols is 1. The van der Waals surface area contributed by atoms with Crippen molar-refractivity contribution in [1.29, 1.82) is 0 Å². The maximum Gasteiger partial charge on any atom is 0.227 e. The Kier molecular flexibility index (Phi) is 5.65. The largest absolute Gasteiger partial charge is 0.508 e. The molecule has 0 saturated heterocycles. The molecule has 0 heterocycles. The quantitative estimate of drug-likeness (QED) is 0.839. The maximum absolute atomic E-state index is 12.2. The minimum absolute atomic E-state index is 0.0488. The lowest BCUT2D eigenvalue weighted by atomic mass is 10.1. The fraction of sp³-hybridized carbons (Fsp3) is 0.500. The first-order chi connectivity index (χ1) is 8.54. The van der Waals surface area contributed by atoms with E-state index in [1.807, 2.05) is 19.9 Å². The number of amides is 1. The lowest BCUT2D eigenvalue weighted by Gasteiger charge is -2.26. The highest BCUT2D eigenvalue weighted by Crippen LogP contribution is 2.13. The minimum Gasteiger partial charge on any atom is -0.508 e. The van der Waals surface area contributed by atoms with E-state index >= 15 is 0 Å². The van der Waals surface area contributed by atoms with Gasteiger partial charge in [0.2, 0.25) is 5.91 Å². The van der Waals surface area contributed by atoms with Gasteiger partial charge < -0.3 is 14.7 Å². The second-order valence-electron chi connectivity index (χ2n) is 4.52. The van der Waals surface area contributed by atoms with E-state index in [4.69, 9.17) is 4.74 Å². The first-order valence-corrected chi connectivity index (χ1v) is 6.11. The predicted molar refractivity (Wildman–Crippen MR) is 70.5 cm³/mol. The molecule has 1 amide bonds. The van der Waals surface area contributed by atoms with Crippen LogP contribution in [0.4, 0.5) is 0 Å². The number of hydrogen-bond donors (Lipinski definition) is 1. The molecule has 0 aromatic heterocycles. The molecular formula is C14H21NO3. The molecular weight excluding hydrogens is 230 g/mol. The van der Waals surface area contributed by atoms with Crippen LogP contribution < -0.4 is 0 Å². The Morgan fingerprint density at radius 2 is 2.17 bits per heavy atom. The molecule has 0 fully saturated rings. The van der Waals surface area contributed by atoms with Crippen LogP contribution in [0.15, 0.2) is 24.3 Å². The summed E-state index contributed by atoms with van der Waals surface area (Å²) in [6.07, 6.45) is 0.302. The number of phenolic OH excluding ortho intramolecular Hbond substituents is 1. The number of aromatic hydroxyl groups is 1. The zero-order chi connectivity index (χ0) is 13.5. The van der Waals surface area contributed by atoms with E-state index in [1.165, 1.54) is 0 Å². The van der Waals surface area contributed by atoms with Gasteiger partial charge in [-0.15, -0.1) is 0 Å². The molecule has 1 aromatic rings. The van der Waals surface area contributed by atoms with Crippen molar-refractivity contribution in [3.05, 3.63) is 29.8 Å². The van der Waals surface area contributed by atoms with E-state index in [1.54, 1.807) is 30.2 Å². The topological polar surface area (TPSA) is 49.8 Å². The summed E-state index contributed by atoms with van der Waals surface area (Å²) in [4.78, 5) is 13.9. The summed E-state index contributed by atoms with van der Waals surface area (Å²) < 4.78 is 5.01. The Morgan fingerprint density at radius 1 is 1.44 bits per heavy atom. The van der Waals surface area contributed by atoms with E-state index in [9.17, 15) is 9.90 Å². The van der Waals surface area contributed by atoms with Gasteiger partial charge in [-0.25, -0.2) is 0 Å². The first kappa shape index (κ1) is 14.5. The zero-order valence-corrected chi connectivity index (χ0v) is 11.2. The summed E-state index contributed by atoms with van der Waals surface area (Å²) in [5, 5.41) is 9.37. The van der Waals surface area contributed by atoms with Gasteiger partial charge in [0.15, 0.2) is 0 Å². The molecule has 4 heteroatoms. The summed E-state index contributed by atoms with van der Waals surface area (Å²) in [5.41, 5.74) is 0.822. The third kappa shape index (κ3) is 4.37. The highest BCUT2D eigenvalue weighted by atomic mass is 16.5. The lowest BCUT2D eigenvalue weighted by molar-refractivity contribution is -0.132. The van der Waals surface area contributed by atoms with E-state index in [2.05, 4.69) is 0 Å². The van der Waals surface area contributed by atoms with Crippen molar-refractivity contribution in [2.24, 2.45) is 0 Å². The van der Waals surface area contributed by atoms with E-state index in [0.717, 1.165) is 5.56 Å². The molecule has 0 saturated carbocycles. The van der Waals surface area contributed by atoms with Crippen LogP contribution in [0.25, 0.3) is 0 Å². The third-order valence-electron chi connectivity index (χ3n) is 2.75. The number of nitrogens with zero attached hydrogens (tertiary/aromatic N) is 1. The van der Waals surface area contributed by atoms with Crippen LogP contribution >= 0.6 is 0 Å². The molecule has 0 radical (unpaired) electrons. The standard InChI is InChI=1S/C14H21NO3/c1-11(2)15(7-8-18-3)14(17)10-12-5-4-6-13(16)9-12/h4-6,9,11,16H,7-8,10H2,1-3H3. The monoisotopic (exact) mass is 251 g/mol. The number of benzene rings is 1.